The van der Waals surface area contributed by atoms with Crippen molar-refractivity contribution in [2.75, 3.05) is 26.2 Å². The van der Waals surface area contributed by atoms with Crippen molar-refractivity contribution in [3.8, 4) is 0 Å². The minimum Gasteiger partial charge on any atom is -0.480 e. The summed E-state index contributed by atoms with van der Waals surface area (Å²) in [5, 5.41) is 14.7. The van der Waals surface area contributed by atoms with Gasteiger partial charge in [-0.2, -0.15) is 9.40 Å². The predicted octanol–water partition coefficient (Wildman–Crippen LogP) is 0.737. The van der Waals surface area contributed by atoms with E-state index in [1.807, 2.05) is 0 Å². The molecule has 0 aromatic carbocycles. The number of carbonyl (C=O) groups is 2. The summed E-state index contributed by atoms with van der Waals surface area (Å²) in [5.41, 5.74) is 0.146. The molecule has 0 aliphatic carbocycles. The molecule has 1 saturated heterocycles. The normalized spacial score (nSPS) is 17.2. The van der Waals surface area contributed by atoms with E-state index in [9.17, 15) is 18.0 Å². The number of rotatable bonds is 5. The quantitative estimate of drug-likeness (QED) is 0.795. The van der Waals surface area contributed by atoms with Crippen molar-refractivity contribution < 1.29 is 23.1 Å². The van der Waals surface area contributed by atoms with Gasteiger partial charge in [-0.3, -0.25) is 9.48 Å². The molecule has 9 nitrogen and oxygen atoms in total. The number of amides is 1. The van der Waals surface area contributed by atoms with E-state index >= 15 is 0 Å². The number of hydrogen-bond acceptors (Lipinski definition) is 6. The number of thiophene rings is 1. The van der Waals surface area contributed by atoms with Crippen molar-refractivity contribution in [1.29, 1.82) is 0 Å². The molecule has 0 bridgehead atoms. The Bertz CT molecular complexity index is 898. The fourth-order valence-electron chi connectivity index (χ4n) is 2.61. The monoisotopic (exact) mass is 398 g/mol. The molecule has 0 spiro atoms. The lowest BCUT2D eigenvalue weighted by Gasteiger charge is -2.33. The Morgan fingerprint density at radius 2 is 1.92 bits per heavy atom. The van der Waals surface area contributed by atoms with Gasteiger partial charge in [-0.1, -0.05) is 6.07 Å². The van der Waals surface area contributed by atoms with E-state index in [-0.39, 0.29) is 37.8 Å². The van der Waals surface area contributed by atoms with Gasteiger partial charge in [0.05, 0.1) is 0 Å². The van der Waals surface area contributed by atoms with Crippen LogP contribution < -0.4 is 0 Å². The summed E-state index contributed by atoms with van der Waals surface area (Å²) < 4.78 is 27.9. The van der Waals surface area contributed by atoms with E-state index in [2.05, 4.69) is 5.10 Å². The molecular weight excluding hydrogens is 380 g/mol. The Morgan fingerprint density at radius 1 is 1.23 bits per heavy atom. The van der Waals surface area contributed by atoms with Gasteiger partial charge in [0.1, 0.15) is 15.9 Å². The molecule has 1 unspecified atom stereocenters. The first kappa shape index (κ1) is 18.5. The summed E-state index contributed by atoms with van der Waals surface area (Å²) in [6.07, 6.45) is 1.45. The number of aromatic nitrogens is 2. The number of carboxylic acid groups (broad SMARTS) is 1. The van der Waals surface area contributed by atoms with Crippen LogP contribution in [0.4, 0.5) is 0 Å². The van der Waals surface area contributed by atoms with E-state index in [4.69, 9.17) is 5.11 Å². The Balaban J connectivity index is 1.65. The van der Waals surface area contributed by atoms with E-state index in [0.717, 1.165) is 11.3 Å². The van der Waals surface area contributed by atoms with Gasteiger partial charge in [0, 0.05) is 32.4 Å². The first-order chi connectivity index (χ1) is 12.3. The predicted molar refractivity (Wildman–Crippen MR) is 93.6 cm³/mol. The summed E-state index contributed by atoms with van der Waals surface area (Å²) in [7, 11) is -3.52. The van der Waals surface area contributed by atoms with Gasteiger partial charge in [-0.15, -0.1) is 11.3 Å². The second kappa shape index (κ2) is 7.17. The van der Waals surface area contributed by atoms with Crippen LogP contribution in [0.1, 0.15) is 23.5 Å². The Morgan fingerprint density at radius 3 is 2.50 bits per heavy atom. The highest BCUT2D eigenvalue weighted by molar-refractivity contribution is 7.91. The third-order valence-electron chi connectivity index (χ3n) is 4.20. The van der Waals surface area contributed by atoms with Gasteiger partial charge in [0.15, 0.2) is 0 Å². The van der Waals surface area contributed by atoms with Gasteiger partial charge in [0.2, 0.25) is 0 Å². The zero-order valence-electron chi connectivity index (χ0n) is 14.0. The fourth-order valence-corrected chi connectivity index (χ4v) is 5.18. The first-order valence-electron chi connectivity index (χ1n) is 7.91. The molecule has 1 fully saturated rings. The zero-order valence-corrected chi connectivity index (χ0v) is 15.6. The van der Waals surface area contributed by atoms with Crippen molar-refractivity contribution in [3.63, 3.8) is 0 Å². The molecule has 1 atom stereocenters. The number of nitrogens with zero attached hydrogens (tertiary/aromatic N) is 4. The molecule has 1 aliphatic rings. The molecule has 3 rings (SSSR count). The second-order valence-corrected chi connectivity index (χ2v) is 8.94. The maximum atomic E-state index is 12.5. The number of carboxylic acids is 1. The SMILES string of the molecule is CC(C(=O)O)n1ccc(C(=O)N2CCN(S(=O)(=O)c3cccs3)CC2)n1. The van der Waals surface area contributed by atoms with Crippen molar-refractivity contribution in [2.24, 2.45) is 0 Å². The Kier molecular flexibility index (Phi) is 5.12. The summed E-state index contributed by atoms with van der Waals surface area (Å²) in [6.45, 7) is 2.39. The van der Waals surface area contributed by atoms with Gasteiger partial charge in [-0.25, -0.2) is 13.2 Å². The molecule has 26 heavy (non-hydrogen) atoms. The highest BCUT2D eigenvalue weighted by atomic mass is 32.2. The number of piperazine rings is 1. The maximum Gasteiger partial charge on any atom is 0.328 e. The van der Waals surface area contributed by atoms with Crippen LogP contribution in [0.2, 0.25) is 0 Å². The molecule has 1 N–H and O–H groups in total. The van der Waals surface area contributed by atoms with E-state index < -0.39 is 22.0 Å². The number of sulfonamides is 1. The van der Waals surface area contributed by atoms with Crippen molar-refractivity contribution in [1.82, 2.24) is 19.0 Å². The highest BCUT2D eigenvalue weighted by Gasteiger charge is 2.31. The minimum absolute atomic E-state index is 0.146. The topological polar surface area (TPSA) is 113 Å². The number of hydrogen-bond donors (Lipinski definition) is 1. The van der Waals surface area contributed by atoms with Crippen molar-refractivity contribution in [3.05, 3.63) is 35.5 Å². The van der Waals surface area contributed by atoms with E-state index in [1.165, 1.54) is 33.1 Å². The molecule has 2 aromatic rings. The molecule has 0 radical (unpaired) electrons. The van der Waals surface area contributed by atoms with Crippen LogP contribution in [0.15, 0.2) is 34.0 Å². The van der Waals surface area contributed by atoms with Crippen LogP contribution in [0, 0.1) is 0 Å². The molecule has 3 heterocycles. The summed E-state index contributed by atoms with van der Waals surface area (Å²) in [6, 6.07) is 3.85. The first-order valence-corrected chi connectivity index (χ1v) is 10.2. The smallest absolute Gasteiger partial charge is 0.328 e. The summed E-state index contributed by atoms with van der Waals surface area (Å²) >= 11 is 1.16. The zero-order chi connectivity index (χ0) is 18.9. The van der Waals surface area contributed by atoms with Gasteiger partial charge >= 0.3 is 5.97 Å². The minimum atomic E-state index is -3.52. The third kappa shape index (κ3) is 3.50. The number of aliphatic carboxylic acids is 1. The van der Waals surface area contributed by atoms with Gasteiger partial charge in [0.25, 0.3) is 15.9 Å². The average Bonchev–Trinajstić information content (AvgIpc) is 3.32. The second-order valence-electron chi connectivity index (χ2n) is 5.82. The summed E-state index contributed by atoms with van der Waals surface area (Å²) in [5.74, 6) is -1.38. The standard InChI is InChI=1S/C15H18N4O5S2/c1-11(15(21)22)19-5-4-12(16-19)14(20)17-6-8-18(9-7-17)26(23,24)13-3-2-10-25-13/h2-5,10-11H,6-9H2,1H3,(H,21,22). The van der Waals surface area contributed by atoms with E-state index in [1.54, 1.807) is 17.5 Å². The van der Waals surface area contributed by atoms with Gasteiger partial charge in [-0.05, 0) is 24.4 Å². The lowest BCUT2D eigenvalue weighted by molar-refractivity contribution is -0.140. The van der Waals surface area contributed by atoms with Crippen molar-refractivity contribution in [2.45, 2.75) is 17.2 Å². The highest BCUT2D eigenvalue weighted by Crippen LogP contribution is 2.22. The molecule has 0 saturated carbocycles. The molecule has 1 aliphatic heterocycles. The lowest BCUT2D eigenvalue weighted by Crippen LogP contribution is -2.50. The van der Waals surface area contributed by atoms with Crippen LogP contribution in [0.5, 0.6) is 0 Å². The number of carbonyl (C=O) groups excluding carboxylic acids is 1. The Labute approximate surface area is 154 Å². The van der Waals surface area contributed by atoms with Crippen LogP contribution in [0.3, 0.4) is 0 Å². The van der Waals surface area contributed by atoms with Crippen LogP contribution in [0.25, 0.3) is 0 Å². The molecule has 11 heteroatoms. The van der Waals surface area contributed by atoms with Crippen molar-refractivity contribution >= 4 is 33.2 Å². The molecule has 1 amide bonds. The fraction of sp³-hybridized carbons (Fsp3) is 0.400. The van der Waals surface area contributed by atoms with Gasteiger partial charge < -0.3 is 10.0 Å². The Hall–Kier alpha value is -2.24. The van der Waals surface area contributed by atoms with Crippen LogP contribution >= 0.6 is 11.3 Å². The van der Waals surface area contributed by atoms with Crippen LogP contribution in [-0.2, 0) is 14.8 Å². The maximum absolute atomic E-state index is 12.5. The third-order valence-corrected chi connectivity index (χ3v) is 7.47. The van der Waals surface area contributed by atoms with Crippen LogP contribution in [-0.4, -0.2) is 70.6 Å². The largest absolute Gasteiger partial charge is 0.480 e. The molecule has 140 valence electrons. The summed E-state index contributed by atoms with van der Waals surface area (Å²) in [4.78, 5) is 25.0. The van der Waals surface area contributed by atoms with E-state index in [0.29, 0.717) is 4.21 Å². The average molecular weight is 398 g/mol. The molecule has 2 aromatic heterocycles. The molecular formula is C15H18N4O5S2. The lowest BCUT2D eigenvalue weighted by atomic mass is 10.3.